The van der Waals surface area contributed by atoms with Gasteiger partial charge in [0.2, 0.25) is 10.0 Å². The van der Waals surface area contributed by atoms with Gasteiger partial charge in [0.05, 0.1) is 4.90 Å². The Balaban J connectivity index is 1.73. The second-order valence-corrected chi connectivity index (χ2v) is 8.99. The highest BCUT2D eigenvalue weighted by atomic mass is 32.2. The average Bonchev–Trinajstić information content (AvgIpc) is 2.99. The standard InChI is InChI=1S/C21H27N3O2S/c1-4-17-7-9-19(10-8-17)27(25,26)23-13-11-18-15-24(14-16(2)3)21-20(18)6-5-12-22-21/h5-10,12,15-16,23H,4,11,13-14H2,1-3H3. The Morgan fingerprint density at radius 2 is 1.89 bits per heavy atom. The normalized spacial score (nSPS) is 12.1. The van der Waals surface area contributed by atoms with Gasteiger partial charge in [-0.05, 0) is 54.2 Å². The molecule has 0 aliphatic carbocycles. The summed E-state index contributed by atoms with van der Waals surface area (Å²) in [5.41, 5.74) is 3.20. The molecule has 0 amide bonds. The number of fused-ring (bicyclic) bond motifs is 1. The molecule has 0 saturated heterocycles. The topological polar surface area (TPSA) is 64.0 Å². The van der Waals surface area contributed by atoms with Crippen LogP contribution in [0.1, 0.15) is 31.9 Å². The number of nitrogens with zero attached hydrogens (tertiary/aromatic N) is 2. The molecule has 0 atom stereocenters. The van der Waals surface area contributed by atoms with Crippen LogP contribution in [0.5, 0.6) is 0 Å². The second-order valence-electron chi connectivity index (χ2n) is 7.22. The molecule has 5 nitrogen and oxygen atoms in total. The molecule has 0 aliphatic rings. The Labute approximate surface area is 161 Å². The van der Waals surface area contributed by atoms with Gasteiger partial charge < -0.3 is 4.57 Å². The van der Waals surface area contributed by atoms with Crippen molar-refractivity contribution in [2.75, 3.05) is 6.54 Å². The van der Waals surface area contributed by atoms with E-state index in [2.05, 4.69) is 34.3 Å². The molecule has 27 heavy (non-hydrogen) atoms. The van der Waals surface area contributed by atoms with Gasteiger partial charge in [0.1, 0.15) is 5.65 Å². The van der Waals surface area contributed by atoms with Crippen molar-refractivity contribution in [2.24, 2.45) is 5.92 Å². The molecule has 2 heterocycles. The van der Waals surface area contributed by atoms with Crippen molar-refractivity contribution >= 4 is 21.1 Å². The smallest absolute Gasteiger partial charge is 0.240 e. The summed E-state index contributed by atoms with van der Waals surface area (Å²) < 4.78 is 29.9. The van der Waals surface area contributed by atoms with Crippen LogP contribution in [0.25, 0.3) is 11.0 Å². The van der Waals surface area contributed by atoms with Crippen molar-refractivity contribution in [3.8, 4) is 0 Å². The van der Waals surface area contributed by atoms with Gasteiger partial charge in [-0.3, -0.25) is 0 Å². The first-order chi connectivity index (χ1) is 12.9. The van der Waals surface area contributed by atoms with Crippen LogP contribution in [0.4, 0.5) is 0 Å². The van der Waals surface area contributed by atoms with Gasteiger partial charge in [0, 0.05) is 30.9 Å². The zero-order valence-electron chi connectivity index (χ0n) is 16.1. The molecule has 0 fully saturated rings. The Morgan fingerprint density at radius 3 is 2.56 bits per heavy atom. The van der Waals surface area contributed by atoms with Crippen molar-refractivity contribution in [1.29, 1.82) is 0 Å². The lowest BCUT2D eigenvalue weighted by molar-refractivity contribution is 0.532. The Kier molecular flexibility index (Phi) is 5.97. The summed E-state index contributed by atoms with van der Waals surface area (Å²) in [6.45, 7) is 7.64. The van der Waals surface area contributed by atoms with E-state index in [0.29, 0.717) is 23.8 Å². The highest BCUT2D eigenvalue weighted by Crippen LogP contribution is 2.21. The quantitative estimate of drug-likeness (QED) is 0.642. The van der Waals surface area contributed by atoms with Gasteiger partial charge in [-0.1, -0.05) is 32.9 Å². The van der Waals surface area contributed by atoms with Crippen molar-refractivity contribution in [2.45, 2.75) is 45.1 Å². The summed E-state index contributed by atoms with van der Waals surface area (Å²) in [5, 5.41) is 1.09. The maximum absolute atomic E-state index is 12.5. The van der Waals surface area contributed by atoms with Crippen molar-refractivity contribution < 1.29 is 8.42 Å². The average molecular weight is 386 g/mol. The molecule has 0 saturated carbocycles. The summed E-state index contributed by atoms with van der Waals surface area (Å²) >= 11 is 0. The van der Waals surface area contributed by atoms with Gasteiger partial charge >= 0.3 is 0 Å². The zero-order valence-corrected chi connectivity index (χ0v) is 17.0. The number of sulfonamides is 1. The van der Waals surface area contributed by atoms with Crippen molar-refractivity contribution in [3.63, 3.8) is 0 Å². The first-order valence-electron chi connectivity index (χ1n) is 9.42. The lowest BCUT2D eigenvalue weighted by Gasteiger charge is -2.07. The minimum absolute atomic E-state index is 0.309. The van der Waals surface area contributed by atoms with Gasteiger partial charge in [-0.2, -0.15) is 0 Å². The monoisotopic (exact) mass is 385 g/mol. The summed E-state index contributed by atoms with van der Waals surface area (Å²) in [5.74, 6) is 0.514. The largest absolute Gasteiger partial charge is 0.332 e. The summed E-state index contributed by atoms with van der Waals surface area (Å²) in [6, 6.07) is 11.0. The molecule has 6 heteroatoms. The zero-order chi connectivity index (χ0) is 19.4. The number of aryl methyl sites for hydroxylation is 1. The molecule has 0 bridgehead atoms. The number of benzene rings is 1. The van der Waals surface area contributed by atoms with Crippen LogP contribution >= 0.6 is 0 Å². The molecule has 0 unspecified atom stereocenters. The number of hydrogen-bond acceptors (Lipinski definition) is 3. The Bertz CT molecular complexity index is 1010. The fraction of sp³-hybridized carbons (Fsp3) is 0.381. The third-order valence-corrected chi connectivity index (χ3v) is 6.08. The summed E-state index contributed by atoms with van der Waals surface area (Å²) in [4.78, 5) is 4.81. The maximum atomic E-state index is 12.5. The van der Waals surface area contributed by atoms with Crippen molar-refractivity contribution in [1.82, 2.24) is 14.3 Å². The Morgan fingerprint density at radius 1 is 1.15 bits per heavy atom. The van der Waals surface area contributed by atoms with E-state index in [1.54, 1.807) is 18.3 Å². The van der Waals surface area contributed by atoms with E-state index in [4.69, 9.17) is 0 Å². The molecular formula is C21H27N3O2S. The summed E-state index contributed by atoms with van der Waals surface area (Å²) in [6.07, 6.45) is 5.41. The van der Waals surface area contributed by atoms with Gasteiger partial charge in [0.25, 0.3) is 0 Å². The lowest BCUT2D eigenvalue weighted by Crippen LogP contribution is -2.26. The van der Waals surface area contributed by atoms with Crippen molar-refractivity contribution in [3.05, 3.63) is 59.9 Å². The van der Waals surface area contributed by atoms with Crippen LogP contribution in [0.15, 0.2) is 53.7 Å². The van der Waals surface area contributed by atoms with Crippen LogP contribution < -0.4 is 4.72 Å². The lowest BCUT2D eigenvalue weighted by atomic mass is 10.2. The van der Waals surface area contributed by atoms with E-state index in [1.807, 2.05) is 31.2 Å². The molecule has 3 rings (SSSR count). The van der Waals surface area contributed by atoms with Gasteiger partial charge in [-0.15, -0.1) is 0 Å². The van der Waals surface area contributed by atoms with E-state index in [1.165, 1.54) is 0 Å². The Hall–Kier alpha value is -2.18. The summed E-state index contributed by atoms with van der Waals surface area (Å²) in [7, 11) is -3.49. The SMILES string of the molecule is CCc1ccc(S(=O)(=O)NCCc2cn(CC(C)C)c3ncccc23)cc1. The predicted molar refractivity (Wildman–Crippen MR) is 109 cm³/mol. The molecule has 0 aliphatic heterocycles. The second kappa shape index (κ2) is 8.23. The molecule has 0 spiro atoms. The molecule has 0 radical (unpaired) electrons. The van der Waals surface area contributed by atoms with Crippen LogP contribution in [-0.2, 0) is 29.4 Å². The maximum Gasteiger partial charge on any atom is 0.240 e. The first kappa shape index (κ1) is 19.6. The van der Waals surface area contributed by atoms with Crippen LogP contribution in [0.3, 0.4) is 0 Å². The molecule has 3 aromatic rings. The highest BCUT2D eigenvalue weighted by Gasteiger charge is 2.15. The number of hydrogen-bond donors (Lipinski definition) is 1. The molecule has 2 aromatic heterocycles. The van der Waals surface area contributed by atoms with Crippen LogP contribution in [0.2, 0.25) is 0 Å². The number of rotatable bonds is 8. The molecular weight excluding hydrogens is 358 g/mol. The predicted octanol–water partition coefficient (Wildman–Crippen LogP) is 3.78. The first-order valence-corrected chi connectivity index (χ1v) is 10.9. The molecule has 1 aromatic carbocycles. The van der Waals surface area contributed by atoms with E-state index in [-0.39, 0.29) is 0 Å². The fourth-order valence-electron chi connectivity index (χ4n) is 3.23. The van der Waals surface area contributed by atoms with E-state index < -0.39 is 10.0 Å². The van der Waals surface area contributed by atoms with Crippen LogP contribution in [-0.4, -0.2) is 24.5 Å². The highest BCUT2D eigenvalue weighted by molar-refractivity contribution is 7.89. The third-order valence-electron chi connectivity index (χ3n) is 4.61. The fourth-order valence-corrected chi connectivity index (χ4v) is 4.27. The van der Waals surface area contributed by atoms with Crippen LogP contribution in [0, 0.1) is 5.92 Å². The number of pyridine rings is 1. The number of aromatic nitrogens is 2. The van der Waals surface area contributed by atoms with E-state index in [0.717, 1.165) is 35.1 Å². The minimum atomic E-state index is -3.49. The van der Waals surface area contributed by atoms with Gasteiger partial charge in [-0.25, -0.2) is 18.1 Å². The van der Waals surface area contributed by atoms with Gasteiger partial charge in [0.15, 0.2) is 0 Å². The molecule has 144 valence electrons. The third kappa shape index (κ3) is 4.57. The van der Waals surface area contributed by atoms with E-state index in [9.17, 15) is 8.42 Å². The van der Waals surface area contributed by atoms with E-state index >= 15 is 0 Å². The number of nitrogens with one attached hydrogen (secondary N) is 1. The minimum Gasteiger partial charge on any atom is -0.332 e. The molecule has 1 N–H and O–H groups in total.